The fraction of sp³-hybridized carbons (Fsp3) is 0.130. The number of ether oxygens (including phenoxy) is 2. The number of carbonyl (C=O) groups excluding carboxylic acids is 4. The molecule has 0 bridgehead atoms. The number of rotatable bonds is 12. The van der Waals surface area contributed by atoms with Gasteiger partial charge >= 0.3 is 12.1 Å². The monoisotopic (exact) mass is 988 g/mol. The number of urea groups is 2. The zero-order valence-corrected chi connectivity index (χ0v) is 40.5. The normalized spacial score (nSPS) is 10.6. The van der Waals surface area contributed by atoms with Crippen molar-refractivity contribution >= 4 is 102 Å². The fourth-order valence-electron chi connectivity index (χ4n) is 6.34. The molecule has 8 aromatic rings. The summed E-state index contributed by atoms with van der Waals surface area (Å²) in [6, 6.07) is 28.2. The smallest absolute Gasteiger partial charge is 0.320 e. The summed E-state index contributed by atoms with van der Waals surface area (Å²) in [5.74, 6) is 1.36. The standard InChI is InChI=1S/2C23H22N6O3S2/c2*1-12-17(27-21(33-12)18-19(24)28-23(34-18)29-22(31)25-2)13-6-4-8-15(10-13)26-20(30)14-7-5-9-16(11-14)32-3/h2*4-11H,24H2,1-3H3,(H,26,30)(H2,25,28,29,31). The third kappa shape index (κ3) is 11.5. The number of aromatic nitrogens is 4. The number of aryl methyl sites for hydroxylation is 2. The van der Waals surface area contributed by atoms with Crippen molar-refractivity contribution in [2.24, 2.45) is 0 Å². The molecule has 8 rings (SSSR count). The van der Waals surface area contributed by atoms with Gasteiger partial charge in [0, 0.05) is 57.5 Å². The number of nitrogens with one attached hydrogen (secondary N) is 6. The van der Waals surface area contributed by atoms with Crippen molar-refractivity contribution < 1.29 is 28.7 Å². The van der Waals surface area contributed by atoms with Crippen LogP contribution in [0.15, 0.2) is 97.1 Å². The van der Waals surface area contributed by atoms with E-state index in [2.05, 4.69) is 41.9 Å². The van der Waals surface area contributed by atoms with Crippen LogP contribution in [-0.4, -0.2) is 72.1 Å². The van der Waals surface area contributed by atoms with Crippen LogP contribution < -0.4 is 52.8 Å². The average molecular weight is 989 g/mol. The molecule has 68 heavy (non-hydrogen) atoms. The van der Waals surface area contributed by atoms with Gasteiger partial charge < -0.3 is 42.2 Å². The molecule has 0 atom stereocenters. The Hall–Kier alpha value is -7.92. The van der Waals surface area contributed by atoms with E-state index < -0.39 is 0 Å². The number of nitrogens with two attached hydrogens (primary N) is 2. The van der Waals surface area contributed by atoms with E-state index in [1.807, 2.05) is 62.4 Å². The number of hydrogen-bond donors (Lipinski definition) is 8. The quantitative estimate of drug-likeness (QED) is 0.0569. The number of thiazole rings is 4. The van der Waals surface area contributed by atoms with Gasteiger partial charge in [0.05, 0.1) is 25.6 Å². The first kappa shape index (κ1) is 48.0. The largest absolute Gasteiger partial charge is 0.497 e. The van der Waals surface area contributed by atoms with Gasteiger partial charge in [-0.05, 0) is 74.5 Å². The van der Waals surface area contributed by atoms with E-state index in [1.54, 1.807) is 62.8 Å². The van der Waals surface area contributed by atoms with Crippen LogP contribution in [0.3, 0.4) is 0 Å². The summed E-state index contributed by atoms with van der Waals surface area (Å²) in [6.07, 6.45) is 0. The first-order chi connectivity index (χ1) is 32.7. The van der Waals surface area contributed by atoms with Crippen molar-refractivity contribution in [1.29, 1.82) is 0 Å². The van der Waals surface area contributed by atoms with Gasteiger partial charge in [0.15, 0.2) is 10.3 Å². The molecule has 0 aliphatic rings. The number of nitrogens with zero attached hydrogens (tertiary/aromatic N) is 4. The van der Waals surface area contributed by atoms with Crippen molar-refractivity contribution in [2.45, 2.75) is 13.8 Å². The molecular formula is C46H44N12O6S4. The van der Waals surface area contributed by atoms with Crippen molar-refractivity contribution in [3.05, 3.63) is 118 Å². The predicted molar refractivity (Wildman–Crippen MR) is 274 cm³/mol. The van der Waals surface area contributed by atoms with Gasteiger partial charge in [-0.1, -0.05) is 59.1 Å². The molecule has 6 amide bonds. The van der Waals surface area contributed by atoms with Crippen molar-refractivity contribution in [3.63, 3.8) is 0 Å². The minimum Gasteiger partial charge on any atom is -0.497 e. The van der Waals surface area contributed by atoms with Crippen LogP contribution in [0.2, 0.25) is 0 Å². The van der Waals surface area contributed by atoms with Crippen LogP contribution in [0, 0.1) is 13.8 Å². The number of hydrogen-bond acceptors (Lipinski definition) is 16. The van der Waals surface area contributed by atoms with Crippen molar-refractivity contribution in [3.8, 4) is 53.8 Å². The molecule has 10 N–H and O–H groups in total. The molecule has 4 aromatic carbocycles. The summed E-state index contributed by atoms with van der Waals surface area (Å²) in [7, 11) is 6.17. The molecular weight excluding hydrogens is 945 g/mol. The third-order valence-electron chi connectivity index (χ3n) is 9.64. The molecule has 0 saturated heterocycles. The van der Waals surface area contributed by atoms with Gasteiger partial charge in [0.1, 0.15) is 42.9 Å². The SMILES string of the molecule is CNC(=O)Nc1nc(N)c(-c2nc(-c3cccc(NC(=O)c4cccc(OC)c4)c3)c(C)s2)s1.CNC(=O)Nc1nc(N)c(-c2nc(-c3cccc(NC(=O)c4cccc(OC)c4)c3)c(C)s2)s1. The van der Waals surface area contributed by atoms with Gasteiger partial charge in [0.2, 0.25) is 0 Å². The van der Waals surface area contributed by atoms with E-state index in [9.17, 15) is 19.2 Å². The van der Waals surface area contributed by atoms with Crippen LogP contribution in [0.5, 0.6) is 11.5 Å². The molecule has 22 heteroatoms. The second kappa shape index (κ2) is 21.6. The average Bonchev–Trinajstić information content (AvgIpc) is 4.13. The van der Waals surface area contributed by atoms with Crippen LogP contribution >= 0.6 is 45.3 Å². The summed E-state index contributed by atoms with van der Waals surface area (Å²) in [5.41, 5.74) is 17.7. The highest BCUT2D eigenvalue weighted by Gasteiger charge is 2.21. The Labute approximate surface area is 406 Å². The Morgan fingerprint density at radius 3 is 1.29 bits per heavy atom. The Morgan fingerprint density at radius 1 is 0.515 bits per heavy atom. The second-order valence-electron chi connectivity index (χ2n) is 14.3. The van der Waals surface area contributed by atoms with Crippen LogP contribution in [0.1, 0.15) is 30.5 Å². The van der Waals surface area contributed by atoms with E-state index in [0.29, 0.717) is 75.7 Å². The first-order valence-electron chi connectivity index (χ1n) is 20.3. The van der Waals surface area contributed by atoms with E-state index in [0.717, 1.165) is 32.3 Å². The van der Waals surface area contributed by atoms with Gasteiger partial charge in [-0.25, -0.2) is 29.5 Å². The maximum absolute atomic E-state index is 12.7. The molecule has 348 valence electrons. The molecule has 4 aromatic heterocycles. The van der Waals surface area contributed by atoms with Crippen LogP contribution in [-0.2, 0) is 0 Å². The number of nitrogen functional groups attached to an aromatic ring is 2. The molecule has 0 spiro atoms. The summed E-state index contributed by atoms with van der Waals surface area (Å²) >= 11 is 5.49. The number of anilines is 6. The van der Waals surface area contributed by atoms with E-state index in [4.69, 9.17) is 30.9 Å². The van der Waals surface area contributed by atoms with Crippen molar-refractivity contribution in [1.82, 2.24) is 30.6 Å². The lowest BCUT2D eigenvalue weighted by Crippen LogP contribution is -2.24. The summed E-state index contributed by atoms with van der Waals surface area (Å²) in [6.45, 7) is 3.94. The molecule has 0 saturated carbocycles. The van der Waals surface area contributed by atoms with Gasteiger partial charge in [-0.2, -0.15) is 0 Å². The number of benzene rings is 4. The highest BCUT2D eigenvalue weighted by atomic mass is 32.1. The minimum atomic E-state index is -0.371. The molecule has 0 aliphatic heterocycles. The first-order valence-corrected chi connectivity index (χ1v) is 23.6. The zero-order valence-electron chi connectivity index (χ0n) is 37.3. The molecule has 0 unspecified atom stereocenters. The lowest BCUT2D eigenvalue weighted by molar-refractivity contribution is 0.101. The summed E-state index contributed by atoms with van der Waals surface area (Å²) in [5, 5.41) is 18.3. The number of amides is 6. The Balaban J connectivity index is 0.000000201. The maximum atomic E-state index is 12.7. The van der Waals surface area contributed by atoms with E-state index >= 15 is 0 Å². The minimum absolute atomic E-state index is 0.236. The summed E-state index contributed by atoms with van der Waals surface area (Å²) in [4.78, 5) is 69.8. The van der Waals surface area contributed by atoms with Gasteiger partial charge in [-0.15, -0.1) is 22.7 Å². The maximum Gasteiger partial charge on any atom is 0.320 e. The Morgan fingerprint density at radius 2 is 0.912 bits per heavy atom. The van der Waals surface area contributed by atoms with Gasteiger partial charge in [0.25, 0.3) is 11.8 Å². The molecule has 0 aliphatic carbocycles. The molecule has 4 heterocycles. The van der Waals surface area contributed by atoms with Crippen LogP contribution in [0.25, 0.3) is 42.3 Å². The van der Waals surface area contributed by atoms with Gasteiger partial charge in [-0.3, -0.25) is 20.2 Å². The predicted octanol–water partition coefficient (Wildman–Crippen LogP) is 9.67. The Bertz CT molecular complexity index is 2940. The zero-order chi connectivity index (χ0) is 48.5. The molecule has 0 radical (unpaired) electrons. The third-order valence-corrected chi connectivity index (χ3v) is 13.9. The molecule has 0 fully saturated rings. The van der Waals surface area contributed by atoms with Crippen molar-refractivity contribution in [2.75, 3.05) is 61.0 Å². The number of methoxy groups -OCH3 is 2. The topological polar surface area (TPSA) is 263 Å². The molecule has 18 nitrogen and oxygen atoms in total. The fourth-order valence-corrected chi connectivity index (χ4v) is 10.1. The summed E-state index contributed by atoms with van der Waals surface area (Å²) < 4.78 is 10.4. The Kier molecular flexibility index (Phi) is 15.2. The van der Waals surface area contributed by atoms with E-state index in [-0.39, 0.29) is 23.9 Å². The van der Waals surface area contributed by atoms with E-state index in [1.165, 1.54) is 59.4 Å². The number of carbonyl (C=O) groups is 4. The highest BCUT2D eigenvalue weighted by Crippen LogP contribution is 2.42. The highest BCUT2D eigenvalue weighted by molar-refractivity contribution is 7.25. The second-order valence-corrected chi connectivity index (χ2v) is 18.7. The van der Waals surface area contributed by atoms with Crippen LogP contribution in [0.4, 0.5) is 42.9 Å². The lowest BCUT2D eigenvalue weighted by Gasteiger charge is -2.08. The lowest BCUT2D eigenvalue weighted by atomic mass is 10.1.